The molecule has 7 nitrogen and oxygen atoms in total. The first-order chi connectivity index (χ1) is 16.6. The molecule has 1 saturated heterocycles. The summed E-state index contributed by atoms with van der Waals surface area (Å²) in [5.74, 6) is -0.223. The van der Waals surface area contributed by atoms with Gasteiger partial charge in [-0.05, 0) is 48.2 Å². The zero-order valence-corrected chi connectivity index (χ0v) is 19.0. The SMILES string of the molecule is O=C(C=Cc1cnccc1-c1cnn(CC2(F)CC2)c1)Nc1ccc(CN2CCOCC2)cc1. The summed E-state index contributed by atoms with van der Waals surface area (Å²) < 4.78 is 21.1. The van der Waals surface area contributed by atoms with E-state index in [-0.39, 0.29) is 12.5 Å². The van der Waals surface area contributed by atoms with Crippen molar-refractivity contribution in [3.63, 3.8) is 0 Å². The molecule has 5 rings (SSSR count). The fraction of sp³-hybridized carbons (Fsp3) is 0.346. The maximum Gasteiger partial charge on any atom is 0.248 e. The molecule has 1 amide bonds. The van der Waals surface area contributed by atoms with Gasteiger partial charge in [0.15, 0.2) is 0 Å². The van der Waals surface area contributed by atoms with E-state index in [0.29, 0.717) is 12.8 Å². The summed E-state index contributed by atoms with van der Waals surface area (Å²) in [6.07, 6.45) is 11.4. The maximum absolute atomic E-state index is 14.1. The van der Waals surface area contributed by atoms with E-state index in [1.54, 1.807) is 29.3 Å². The normalized spacial score (nSPS) is 17.7. The molecule has 1 saturated carbocycles. The smallest absolute Gasteiger partial charge is 0.248 e. The Morgan fingerprint density at radius 1 is 1.15 bits per heavy atom. The van der Waals surface area contributed by atoms with Crippen LogP contribution in [0.1, 0.15) is 24.0 Å². The molecule has 176 valence electrons. The monoisotopic (exact) mass is 461 g/mol. The quantitative estimate of drug-likeness (QED) is 0.515. The third-order valence-electron chi connectivity index (χ3n) is 6.18. The highest BCUT2D eigenvalue weighted by atomic mass is 19.1. The molecule has 0 radical (unpaired) electrons. The Morgan fingerprint density at radius 3 is 2.71 bits per heavy atom. The third-order valence-corrected chi connectivity index (χ3v) is 6.18. The van der Waals surface area contributed by atoms with Crippen molar-refractivity contribution in [1.29, 1.82) is 0 Å². The van der Waals surface area contributed by atoms with Gasteiger partial charge in [0.2, 0.25) is 5.91 Å². The summed E-state index contributed by atoms with van der Waals surface area (Å²) in [5.41, 5.74) is 3.39. The largest absolute Gasteiger partial charge is 0.379 e. The van der Waals surface area contributed by atoms with Crippen LogP contribution < -0.4 is 5.32 Å². The number of hydrogen-bond acceptors (Lipinski definition) is 5. The average Bonchev–Trinajstić information content (AvgIpc) is 3.40. The number of aromatic nitrogens is 3. The van der Waals surface area contributed by atoms with Gasteiger partial charge in [-0.2, -0.15) is 5.10 Å². The second-order valence-corrected chi connectivity index (χ2v) is 8.95. The second-order valence-electron chi connectivity index (χ2n) is 8.95. The molecule has 1 N–H and O–H groups in total. The minimum Gasteiger partial charge on any atom is -0.379 e. The Kier molecular flexibility index (Phi) is 6.51. The van der Waals surface area contributed by atoms with Crippen molar-refractivity contribution < 1.29 is 13.9 Å². The van der Waals surface area contributed by atoms with Crippen LogP contribution in [0.25, 0.3) is 17.2 Å². The van der Waals surface area contributed by atoms with Gasteiger partial charge in [0.05, 0.1) is 26.0 Å². The van der Waals surface area contributed by atoms with Gasteiger partial charge >= 0.3 is 0 Å². The van der Waals surface area contributed by atoms with Crippen LogP contribution in [0, 0.1) is 0 Å². The number of nitrogens with one attached hydrogen (secondary N) is 1. The van der Waals surface area contributed by atoms with E-state index in [1.807, 2.05) is 36.5 Å². The van der Waals surface area contributed by atoms with Gasteiger partial charge in [0, 0.05) is 61.1 Å². The van der Waals surface area contributed by atoms with Crippen LogP contribution in [0.2, 0.25) is 0 Å². The minimum atomic E-state index is -1.11. The number of halogens is 1. The lowest BCUT2D eigenvalue weighted by Gasteiger charge is -2.26. The summed E-state index contributed by atoms with van der Waals surface area (Å²) >= 11 is 0. The molecular formula is C26H28FN5O2. The summed E-state index contributed by atoms with van der Waals surface area (Å²) in [4.78, 5) is 19.0. The molecule has 0 bridgehead atoms. The Balaban J connectivity index is 1.20. The second kappa shape index (κ2) is 9.87. The number of ether oxygens (including phenoxy) is 1. The Bertz CT molecular complexity index is 1160. The number of benzene rings is 1. The lowest BCUT2D eigenvalue weighted by molar-refractivity contribution is -0.111. The minimum absolute atomic E-state index is 0.223. The fourth-order valence-corrected chi connectivity index (χ4v) is 4.04. The number of morpholine rings is 1. The van der Waals surface area contributed by atoms with Crippen molar-refractivity contribution >= 4 is 17.7 Å². The average molecular weight is 462 g/mol. The van der Waals surface area contributed by atoms with Gasteiger partial charge < -0.3 is 10.1 Å². The van der Waals surface area contributed by atoms with Crippen molar-refractivity contribution in [3.05, 3.63) is 72.3 Å². The number of alkyl halides is 1. The number of carbonyl (C=O) groups excluding carboxylic acids is 1. The number of anilines is 1. The van der Waals surface area contributed by atoms with Crippen LogP contribution in [0.15, 0.2) is 61.2 Å². The Morgan fingerprint density at radius 2 is 1.94 bits per heavy atom. The van der Waals surface area contributed by atoms with E-state index in [9.17, 15) is 9.18 Å². The van der Waals surface area contributed by atoms with Gasteiger partial charge in [-0.15, -0.1) is 0 Å². The van der Waals surface area contributed by atoms with Crippen molar-refractivity contribution in [3.8, 4) is 11.1 Å². The zero-order valence-electron chi connectivity index (χ0n) is 19.0. The first-order valence-corrected chi connectivity index (χ1v) is 11.6. The van der Waals surface area contributed by atoms with Gasteiger partial charge in [-0.1, -0.05) is 12.1 Å². The van der Waals surface area contributed by atoms with Crippen LogP contribution in [0.4, 0.5) is 10.1 Å². The molecule has 1 aromatic carbocycles. The van der Waals surface area contributed by atoms with Crippen molar-refractivity contribution in [2.75, 3.05) is 31.6 Å². The number of pyridine rings is 1. The Hall–Kier alpha value is -3.36. The number of rotatable bonds is 8. The fourth-order valence-electron chi connectivity index (χ4n) is 4.04. The molecule has 0 unspecified atom stereocenters. The highest BCUT2D eigenvalue weighted by Gasteiger charge is 2.43. The predicted octanol–water partition coefficient (Wildman–Crippen LogP) is 3.93. The van der Waals surface area contributed by atoms with Gasteiger partial charge in [0.25, 0.3) is 0 Å². The number of hydrogen-bond donors (Lipinski definition) is 1. The van der Waals surface area contributed by atoms with Crippen LogP contribution in [0.3, 0.4) is 0 Å². The van der Waals surface area contributed by atoms with Crippen molar-refractivity contribution in [2.24, 2.45) is 0 Å². The first kappa shape index (κ1) is 22.4. The van der Waals surface area contributed by atoms with E-state index < -0.39 is 5.67 Å². The van der Waals surface area contributed by atoms with Crippen molar-refractivity contribution in [1.82, 2.24) is 19.7 Å². The molecule has 3 aromatic rings. The Labute approximate surface area is 198 Å². The lowest BCUT2D eigenvalue weighted by Crippen LogP contribution is -2.35. The van der Waals surface area contributed by atoms with Crippen LogP contribution in [0.5, 0.6) is 0 Å². The molecule has 2 fully saturated rings. The summed E-state index contributed by atoms with van der Waals surface area (Å²) in [6.45, 7) is 4.59. The zero-order chi connectivity index (χ0) is 23.4. The predicted molar refractivity (Wildman–Crippen MR) is 129 cm³/mol. The molecule has 1 aliphatic heterocycles. The number of nitrogens with zero attached hydrogens (tertiary/aromatic N) is 4. The first-order valence-electron chi connectivity index (χ1n) is 11.6. The standard InChI is InChI=1S/C26H28FN5O2/c27-26(8-9-26)19-32-18-22(16-29-32)24-7-10-28-15-21(24)3-6-25(33)30-23-4-1-20(2-5-23)17-31-11-13-34-14-12-31/h1-7,10,15-16,18H,8-9,11-14,17,19H2,(H,30,33). The highest BCUT2D eigenvalue weighted by Crippen LogP contribution is 2.41. The van der Waals surface area contributed by atoms with E-state index in [2.05, 4.69) is 20.3 Å². The molecule has 0 spiro atoms. The van der Waals surface area contributed by atoms with Crippen molar-refractivity contribution in [2.45, 2.75) is 31.6 Å². The molecule has 2 aromatic heterocycles. The van der Waals surface area contributed by atoms with Crippen LogP contribution in [-0.4, -0.2) is 57.5 Å². The van der Waals surface area contributed by atoms with Crippen LogP contribution >= 0.6 is 0 Å². The summed E-state index contributed by atoms with van der Waals surface area (Å²) in [7, 11) is 0. The molecule has 34 heavy (non-hydrogen) atoms. The van der Waals surface area contributed by atoms with E-state index >= 15 is 0 Å². The maximum atomic E-state index is 14.1. The third kappa shape index (κ3) is 5.76. The van der Waals surface area contributed by atoms with Gasteiger partial charge in [-0.25, -0.2) is 4.39 Å². The summed E-state index contributed by atoms with van der Waals surface area (Å²) in [5, 5.41) is 7.20. The van der Waals surface area contributed by atoms with E-state index in [4.69, 9.17) is 4.74 Å². The molecule has 2 aliphatic rings. The topological polar surface area (TPSA) is 72.3 Å². The molecule has 1 aliphatic carbocycles. The molecule has 3 heterocycles. The van der Waals surface area contributed by atoms with Gasteiger partial charge in [0.1, 0.15) is 5.67 Å². The van der Waals surface area contributed by atoms with E-state index in [1.165, 1.54) is 11.6 Å². The lowest BCUT2D eigenvalue weighted by atomic mass is 10.0. The summed E-state index contributed by atoms with van der Waals surface area (Å²) in [6, 6.07) is 9.78. The molecular weight excluding hydrogens is 433 g/mol. The molecule has 0 atom stereocenters. The number of amides is 1. The number of carbonyl (C=O) groups is 1. The van der Waals surface area contributed by atoms with E-state index in [0.717, 1.165) is 55.2 Å². The van der Waals surface area contributed by atoms with Gasteiger partial charge in [-0.3, -0.25) is 19.4 Å². The highest BCUT2D eigenvalue weighted by molar-refractivity contribution is 6.02. The molecule has 8 heteroatoms. The van der Waals surface area contributed by atoms with Crippen LogP contribution in [-0.2, 0) is 22.6 Å².